The average Bonchev–Trinajstić information content (AvgIpc) is 2.30. The predicted octanol–water partition coefficient (Wildman–Crippen LogP) is 3.13. The van der Waals surface area contributed by atoms with E-state index in [2.05, 4.69) is 13.0 Å². The Balaban J connectivity index is 2.19. The van der Waals surface area contributed by atoms with E-state index in [9.17, 15) is 4.79 Å². The fraction of sp³-hybridized carbons (Fsp3) is 0.357. The maximum absolute atomic E-state index is 11.4. The standard InChI is InChI=1S/C14H18O2/c1-2-3-4-8-11-16-14(15)12-13-9-6-5-7-10-13/h3-7,9-10H,2,8,11-12H2,1H3. The lowest BCUT2D eigenvalue weighted by Crippen LogP contribution is -2.08. The first-order valence-corrected chi connectivity index (χ1v) is 5.67. The van der Waals surface area contributed by atoms with Crippen LogP contribution in [0.2, 0.25) is 0 Å². The van der Waals surface area contributed by atoms with E-state index in [1.54, 1.807) is 0 Å². The molecule has 0 fully saturated rings. The Hall–Kier alpha value is -1.57. The molecule has 0 bridgehead atoms. The lowest BCUT2D eigenvalue weighted by Gasteiger charge is -2.02. The molecule has 0 aliphatic carbocycles. The average molecular weight is 218 g/mol. The van der Waals surface area contributed by atoms with Gasteiger partial charge in [0.1, 0.15) is 0 Å². The number of ether oxygens (including phenoxy) is 1. The molecule has 86 valence electrons. The molecular formula is C14H18O2. The van der Waals surface area contributed by atoms with Crippen LogP contribution in [0.4, 0.5) is 0 Å². The number of hydrogen-bond donors (Lipinski definition) is 0. The molecule has 0 unspecified atom stereocenters. The fourth-order valence-electron chi connectivity index (χ4n) is 1.34. The van der Waals surface area contributed by atoms with Crippen LogP contribution in [-0.2, 0) is 16.0 Å². The quantitative estimate of drug-likeness (QED) is 0.416. The van der Waals surface area contributed by atoms with Gasteiger partial charge in [-0.2, -0.15) is 0 Å². The van der Waals surface area contributed by atoms with Crippen molar-refractivity contribution in [2.75, 3.05) is 6.61 Å². The number of allylic oxidation sites excluding steroid dienone is 1. The Bertz CT molecular complexity index is 328. The van der Waals surface area contributed by atoms with Crippen molar-refractivity contribution in [3.8, 4) is 0 Å². The van der Waals surface area contributed by atoms with Crippen LogP contribution in [0.1, 0.15) is 25.3 Å². The van der Waals surface area contributed by atoms with Crippen molar-refractivity contribution in [2.45, 2.75) is 26.2 Å². The minimum absolute atomic E-state index is 0.156. The summed E-state index contributed by atoms with van der Waals surface area (Å²) in [6, 6.07) is 9.64. The van der Waals surface area contributed by atoms with Crippen molar-refractivity contribution in [3.05, 3.63) is 48.0 Å². The molecular weight excluding hydrogens is 200 g/mol. The van der Waals surface area contributed by atoms with Gasteiger partial charge in [0.25, 0.3) is 0 Å². The number of benzene rings is 1. The highest BCUT2D eigenvalue weighted by Crippen LogP contribution is 2.01. The van der Waals surface area contributed by atoms with Crippen molar-refractivity contribution in [2.24, 2.45) is 0 Å². The molecule has 0 saturated heterocycles. The zero-order valence-electron chi connectivity index (χ0n) is 9.69. The minimum atomic E-state index is -0.156. The van der Waals surface area contributed by atoms with E-state index in [0.717, 1.165) is 18.4 Å². The molecule has 0 atom stereocenters. The molecule has 0 aromatic heterocycles. The highest BCUT2D eigenvalue weighted by molar-refractivity contribution is 5.72. The van der Waals surface area contributed by atoms with Crippen LogP contribution in [-0.4, -0.2) is 12.6 Å². The normalized spacial score (nSPS) is 10.6. The van der Waals surface area contributed by atoms with Gasteiger partial charge in [0.15, 0.2) is 0 Å². The van der Waals surface area contributed by atoms with Gasteiger partial charge in [-0.05, 0) is 18.4 Å². The summed E-state index contributed by atoms with van der Waals surface area (Å²) in [5, 5.41) is 0. The molecule has 2 nitrogen and oxygen atoms in total. The van der Waals surface area contributed by atoms with Crippen molar-refractivity contribution in [1.82, 2.24) is 0 Å². The van der Waals surface area contributed by atoms with E-state index < -0.39 is 0 Å². The van der Waals surface area contributed by atoms with Crippen LogP contribution in [0.5, 0.6) is 0 Å². The molecule has 0 saturated carbocycles. The molecule has 0 spiro atoms. The van der Waals surface area contributed by atoms with Crippen LogP contribution in [0.15, 0.2) is 42.5 Å². The molecule has 0 N–H and O–H groups in total. The zero-order valence-corrected chi connectivity index (χ0v) is 9.69. The number of hydrogen-bond acceptors (Lipinski definition) is 2. The number of esters is 1. The van der Waals surface area contributed by atoms with Gasteiger partial charge >= 0.3 is 5.97 Å². The molecule has 0 radical (unpaired) electrons. The Morgan fingerprint density at radius 3 is 2.69 bits per heavy atom. The van der Waals surface area contributed by atoms with E-state index in [-0.39, 0.29) is 5.97 Å². The Morgan fingerprint density at radius 1 is 1.25 bits per heavy atom. The zero-order chi connectivity index (χ0) is 11.6. The molecule has 1 aromatic rings. The topological polar surface area (TPSA) is 26.3 Å². The van der Waals surface area contributed by atoms with E-state index in [0.29, 0.717) is 13.0 Å². The Morgan fingerprint density at radius 2 is 2.00 bits per heavy atom. The molecule has 16 heavy (non-hydrogen) atoms. The summed E-state index contributed by atoms with van der Waals surface area (Å²) in [5.41, 5.74) is 0.997. The van der Waals surface area contributed by atoms with E-state index in [1.165, 1.54) is 0 Å². The van der Waals surface area contributed by atoms with Crippen LogP contribution in [0.25, 0.3) is 0 Å². The van der Waals surface area contributed by atoms with E-state index in [1.807, 2.05) is 36.4 Å². The largest absolute Gasteiger partial charge is 0.465 e. The van der Waals surface area contributed by atoms with Gasteiger partial charge in [0.05, 0.1) is 13.0 Å². The van der Waals surface area contributed by atoms with Gasteiger partial charge in [0, 0.05) is 0 Å². The summed E-state index contributed by atoms with van der Waals surface area (Å²) in [7, 11) is 0. The first-order valence-electron chi connectivity index (χ1n) is 5.67. The van der Waals surface area contributed by atoms with Gasteiger partial charge in [-0.1, -0.05) is 49.4 Å². The summed E-state index contributed by atoms with van der Waals surface area (Å²) < 4.78 is 5.10. The monoisotopic (exact) mass is 218 g/mol. The molecule has 0 heterocycles. The van der Waals surface area contributed by atoms with Crippen LogP contribution in [0.3, 0.4) is 0 Å². The SMILES string of the molecule is CCC=CCCOC(=O)Cc1ccccc1. The molecule has 1 rings (SSSR count). The van der Waals surface area contributed by atoms with Gasteiger partial charge in [0.2, 0.25) is 0 Å². The Labute approximate surface area is 96.9 Å². The summed E-state index contributed by atoms with van der Waals surface area (Å²) in [6.07, 6.45) is 6.30. The van der Waals surface area contributed by atoms with Crippen molar-refractivity contribution < 1.29 is 9.53 Å². The first kappa shape index (κ1) is 12.5. The lowest BCUT2D eigenvalue weighted by atomic mass is 10.2. The third-order valence-corrected chi connectivity index (χ3v) is 2.14. The van der Waals surface area contributed by atoms with Crippen LogP contribution in [0, 0.1) is 0 Å². The molecule has 0 aliphatic heterocycles. The Kier molecular flexibility index (Phi) is 6.00. The minimum Gasteiger partial charge on any atom is -0.465 e. The van der Waals surface area contributed by atoms with Gasteiger partial charge in [-0.25, -0.2) is 0 Å². The van der Waals surface area contributed by atoms with E-state index >= 15 is 0 Å². The summed E-state index contributed by atoms with van der Waals surface area (Å²) in [5.74, 6) is -0.156. The van der Waals surface area contributed by atoms with Crippen molar-refractivity contribution >= 4 is 5.97 Å². The molecule has 1 aromatic carbocycles. The summed E-state index contributed by atoms with van der Waals surface area (Å²) >= 11 is 0. The predicted molar refractivity (Wildman–Crippen MR) is 65.2 cm³/mol. The molecule has 0 amide bonds. The second kappa shape index (κ2) is 7.69. The van der Waals surface area contributed by atoms with Gasteiger partial charge in [-0.3, -0.25) is 4.79 Å². The fourth-order valence-corrected chi connectivity index (χ4v) is 1.34. The van der Waals surface area contributed by atoms with Gasteiger partial charge < -0.3 is 4.74 Å². The second-order valence-corrected chi connectivity index (χ2v) is 3.55. The number of carbonyl (C=O) groups excluding carboxylic acids is 1. The third kappa shape index (κ3) is 5.35. The van der Waals surface area contributed by atoms with Crippen LogP contribution < -0.4 is 0 Å². The number of carbonyl (C=O) groups is 1. The summed E-state index contributed by atoms with van der Waals surface area (Å²) in [6.45, 7) is 2.56. The molecule has 0 aliphatic rings. The second-order valence-electron chi connectivity index (χ2n) is 3.55. The maximum Gasteiger partial charge on any atom is 0.310 e. The first-order chi connectivity index (χ1) is 7.83. The van der Waals surface area contributed by atoms with Crippen LogP contribution >= 0.6 is 0 Å². The van der Waals surface area contributed by atoms with Gasteiger partial charge in [-0.15, -0.1) is 0 Å². The lowest BCUT2D eigenvalue weighted by molar-refractivity contribution is -0.142. The van der Waals surface area contributed by atoms with Crippen molar-refractivity contribution in [3.63, 3.8) is 0 Å². The van der Waals surface area contributed by atoms with Crippen molar-refractivity contribution in [1.29, 1.82) is 0 Å². The smallest absolute Gasteiger partial charge is 0.310 e. The van der Waals surface area contributed by atoms with E-state index in [4.69, 9.17) is 4.74 Å². The summed E-state index contributed by atoms with van der Waals surface area (Å²) in [4.78, 5) is 11.4. The maximum atomic E-state index is 11.4. The number of rotatable bonds is 6. The third-order valence-electron chi connectivity index (χ3n) is 2.14. The highest BCUT2D eigenvalue weighted by atomic mass is 16.5. The highest BCUT2D eigenvalue weighted by Gasteiger charge is 2.02. The molecule has 2 heteroatoms.